The summed E-state index contributed by atoms with van der Waals surface area (Å²) in [5.74, 6) is -0.378. The molecule has 1 heterocycles. The Kier molecular flexibility index (Phi) is 8.56. The van der Waals surface area contributed by atoms with Crippen LogP contribution in [-0.2, 0) is 18.8 Å². The molecule has 0 unspecified atom stereocenters. The van der Waals surface area contributed by atoms with Gasteiger partial charge in [0.25, 0.3) is 5.91 Å². The fraction of sp³-hybridized carbons (Fsp3) is 0.261. The van der Waals surface area contributed by atoms with Crippen molar-refractivity contribution >= 4 is 51.6 Å². The van der Waals surface area contributed by atoms with E-state index in [4.69, 9.17) is 12.2 Å². The van der Waals surface area contributed by atoms with Gasteiger partial charge in [0.2, 0.25) is 0 Å². The number of nitrogens with one attached hydrogen (secondary N) is 3. The van der Waals surface area contributed by atoms with Crippen molar-refractivity contribution in [3.05, 3.63) is 69.7 Å². The van der Waals surface area contributed by atoms with Gasteiger partial charge in [0.05, 0.1) is 16.1 Å². The van der Waals surface area contributed by atoms with Crippen molar-refractivity contribution in [3.8, 4) is 0 Å². The Balaban J connectivity index is 1.63. The Morgan fingerprint density at radius 2 is 1.42 bits per heavy atom. The molecule has 36 heavy (non-hydrogen) atoms. The van der Waals surface area contributed by atoms with Gasteiger partial charge in [-0.2, -0.15) is 26.3 Å². The maximum absolute atomic E-state index is 13.0. The number of thiocarbonyl (C=S) groups is 1. The first-order valence-electron chi connectivity index (χ1n) is 10.6. The van der Waals surface area contributed by atoms with Gasteiger partial charge in [-0.3, -0.25) is 4.79 Å². The fourth-order valence-electron chi connectivity index (χ4n) is 3.01. The zero-order valence-electron chi connectivity index (χ0n) is 18.7. The molecule has 0 saturated carbocycles. The number of rotatable bonds is 7. The molecule has 5 nitrogen and oxygen atoms in total. The van der Waals surface area contributed by atoms with Crippen LogP contribution in [0, 0.1) is 0 Å². The standard InChI is InChI=1S/C23H20F6N4OS2/c1-2-3-4-19-33-18(12-36-19)20(34)30-15-5-7-16(8-6-15)31-21(35)32-17-10-13(22(24,25)26)9-14(11-17)23(27,28)29/h5-12H,2-4H2,1H3,(H,30,34)(H2,31,32,35). The van der Waals surface area contributed by atoms with E-state index >= 15 is 0 Å². The molecule has 0 fully saturated rings. The van der Waals surface area contributed by atoms with Crippen LogP contribution in [0.3, 0.4) is 0 Å². The van der Waals surface area contributed by atoms with Gasteiger partial charge in [0, 0.05) is 22.4 Å². The lowest BCUT2D eigenvalue weighted by molar-refractivity contribution is -0.143. The van der Waals surface area contributed by atoms with Crippen molar-refractivity contribution in [2.45, 2.75) is 38.5 Å². The van der Waals surface area contributed by atoms with E-state index in [1.54, 1.807) is 17.5 Å². The van der Waals surface area contributed by atoms with Crippen LogP contribution < -0.4 is 16.0 Å². The largest absolute Gasteiger partial charge is 0.416 e. The number of anilines is 3. The van der Waals surface area contributed by atoms with Crippen molar-refractivity contribution in [3.63, 3.8) is 0 Å². The van der Waals surface area contributed by atoms with Gasteiger partial charge < -0.3 is 16.0 Å². The summed E-state index contributed by atoms with van der Waals surface area (Å²) < 4.78 is 78.2. The number of hydrogen-bond acceptors (Lipinski definition) is 4. The van der Waals surface area contributed by atoms with E-state index in [-0.39, 0.29) is 17.1 Å². The maximum atomic E-state index is 13.0. The van der Waals surface area contributed by atoms with Crippen molar-refractivity contribution in [1.82, 2.24) is 4.98 Å². The van der Waals surface area contributed by atoms with Crippen LogP contribution in [0.15, 0.2) is 47.8 Å². The second-order valence-corrected chi connectivity index (χ2v) is 8.99. The molecule has 0 aliphatic carbocycles. The third-order valence-corrected chi connectivity index (χ3v) is 5.89. The lowest BCUT2D eigenvalue weighted by atomic mass is 10.1. The average molecular weight is 547 g/mol. The number of hydrogen-bond donors (Lipinski definition) is 3. The minimum absolute atomic E-state index is 0.0340. The first kappa shape index (κ1) is 27.4. The summed E-state index contributed by atoms with van der Waals surface area (Å²) in [6.45, 7) is 2.07. The number of carbonyl (C=O) groups excluding carboxylic acids is 1. The Bertz CT molecular complexity index is 1190. The van der Waals surface area contributed by atoms with Crippen LogP contribution in [0.5, 0.6) is 0 Å². The number of nitrogens with zero attached hydrogens (tertiary/aromatic N) is 1. The molecule has 3 N–H and O–H groups in total. The van der Waals surface area contributed by atoms with E-state index in [9.17, 15) is 31.1 Å². The third-order valence-electron chi connectivity index (χ3n) is 4.77. The minimum atomic E-state index is -4.97. The van der Waals surface area contributed by atoms with Crippen molar-refractivity contribution in [1.29, 1.82) is 0 Å². The van der Waals surface area contributed by atoms with Gasteiger partial charge in [-0.25, -0.2) is 4.98 Å². The van der Waals surface area contributed by atoms with Gasteiger partial charge in [-0.15, -0.1) is 11.3 Å². The molecular weight excluding hydrogens is 526 g/mol. The highest BCUT2D eigenvalue weighted by Crippen LogP contribution is 2.37. The number of carbonyl (C=O) groups is 1. The van der Waals surface area contributed by atoms with Gasteiger partial charge in [0.1, 0.15) is 5.69 Å². The van der Waals surface area contributed by atoms with Gasteiger partial charge in [0.15, 0.2) is 5.11 Å². The first-order chi connectivity index (χ1) is 16.8. The average Bonchev–Trinajstić information content (AvgIpc) is 3.27. The van der Waals surface area contributed by atoms with Crippen LogP contribution in [0.4, 0.5) is 43.4 Å². The minimum Gasteiger partial charge on any atom is -0.332 e. The number of aryl methyl sites for hydroxylation is 1. The number of thiazole rings is 1. The summed E-state index contributed by atoms with van der Waals surface area (Å²) in [5.41, 5.74) is -2.23. The highest BCUT2D eigenvalue weighted by atomic mass is 32.1. The molecule has 0 spiro atoms. The van der Waals surface area contributed by atoms with Crippen LogP contribution in [0.25, 0.3) is 0 Å². The van der Waals surface area contributed by atoms with Crippen molar-refractivity contribution < 1.29 is 31.1 Å². The Morgan fingerprint density at radius 1 is 0.889 bits per heavy atom. The van der Waals surface area contributed by atoms with Crippen LogP contribution in [-0.4, -0.2) is 16.0 Å². The predicted octanol–water partition coefficient (Wildman–Crippen LogP) is 7.58. The van der Waals surface area contributed by atoms with E-state index in [2.05, 4.69) is 27.9 Å². The Hall–Kier alpha value is -3.19. The fourth-order valence-corrected chi connectivity index (χ4v) is 4.07. The SMILES string of the molecule is CCCCc1nc(C(=O)Nc2ccc(NC(=S)Nc3cc(C(F)(F)F)cc(C(F)(F)F)c3)cc2)cs1. The predicted molar refractivity (Wildman–Crippen MR) is 131 cm³/mol. The summed E-state index contributed by atoms with van der Waals surface area (Å²) in [5, 5.41) is 10.1. The molecule has 1 amide bonds. The molecule has 192 valence electrons. The lowest BCUT2D eigenvalue weighted by Crippen LogP contribution is -2.20. The van der Waals surface area contributed by atoms with E-state index in [0.29, 0.717) is 29.2 Å². The summed E-state index contributed by atoms with van der Waals surface area (Å²) in [6, 6.07) is 7.28. The summed E-state index contributed by atoms with van der Waals surface area (Å²) in [7, 11) is 0. The van der Waals surface area contributed by atoms with E-state index in [1.807, 2.05) is 0 Å². The molecular formula is C23H20F6N4OS2. The molecule has 3 rings (SSSR count). The van der Waals surface area contributed by atoms with Gasteiger partial charge >= 0.3 is 12.4 Å². The highest BCUT2D eigenvalue weighted by molar-refractivity contribution is 7.80. The van der Waals surface area contributed by atoms with E-state index in [1.165, 1.54) is 23.5 Å². The second kappa shape index (κ2) is 11.2. The maximum Gasteiger partial charge on any atom is 0.416 e. The topological polar surface area (TPSA) is 66.0 Å². The second-order valence-electron chi connectivity index (χ2n) is 7.64. The molecule has 13 heteroatoms. The summed E-state index contributed by atoms with van der Waals surface area (Å²) in [6.07, 6.45) is -7.13. The summed E-state index contributed by atoms with van der Waals surface area (Å²) in [4.78, 5) is 16.7. The molecule has 0 aliphatic rings. The quantitative estimate of drug-likeness (QED) is 0.211. The number of unbranched alkanes of at least 4 members (excludes halogenated alkanes) is 1. The normalized spacial score (nSPS) is 11.8. The summed E-state index contributed by atoms with van der Waals surface area (Å²) >= 11 is 6.44. The monoisotopic (exact) mass is 546 g/mol. The van der Waals surface area contributed by atoms with E-state index in [0.717, 1.165) is 24.3 Å². The molecule has 0 aliphatic heterocycles. The first-order valence-corrected chi connectivity index (χ1v) is 11.9. The molecule has 0 radical (unpaired) electrons. The zero-order chi connectivity index (χ0) is 26.5. The molecule has 3 aromatic rings. The van der Waals surface area contributed by atoms with Crippen LogP contribution in [0.1, 0.15) is 46.4 Å². The number of aromatic nitrogens is 1. The number of alkyl halides is 6. The van der Waals surface area contributed by atoms with Crippen LogP contribution in [0.2, 0.25) is 0 Å². The zero-order valence-corrected chi connectivity index (χ0v) is 20.3. The van der Waals surface area contributed by atoms with Gasteiger partial charge in [-0.1, -0.05) is 13.3 Å². The molecule has 2 aromatic carbocycles. The van der Waals surface area contributed by atoms with Crippen LogP contribution >= 0.6 is 23.6 Å². The van der Waals surface area contributed by atoms with Gasteiger partial charge in [-0.05, 0) is 67.5 Å². The molecule has 0 atom stereocenters. The Morgan fingerprint density at radius 3 is 1.94 bits per heavy atom. The number of amides is 1. The molecule has 0 bridgehead atoms. The molecule has 1 aromatic heterocycles. The van der Waals surface area contributed by atoms with Crippen molar-refractivity contribution in [2.75, 3.05) is 16.0 Å². The lowest BCUT2D eigenvalue weighted by Gasteiger charge is -2.16. The smallest absolute Gasteiger partial charge is 0.332 e. The molecule has 0 saturated heterocycles. The van der Waals surface area contributed by atoms with E-state index < -0.39 is 29.2 Å². The number of halogens is 6. The van der Waals surface area contributed by atoms with Crippen molar-refractivity contribution in [2.24, 2.45) is 0 Å². The Labute approximate surface area is 211 Å². The third kappa shape index (κ3) is 7.65. The highest BCUT2D eigenvalue weighted by Gasteiger charge is 2.37. The number of benzene rings is 2.